The predicted octanol–water partition coefficient (Wildman–Crippen LogP) is 2.84. The van der Waals surface area contributed by atoms with E-state index in [0.717, 1.165) is 29.9 Å². The minimum atomic E-state index is 0.0446. The van der Waals surface area contributed by atoms with Crippen LogP contribution in [0.4, 0.5) is 0 Å². The average Bonchev–Trinajstić information content (AvgIpc) is 2.64. The third-order valence-corrected chi connectivity index (χ3v) is 4.04. The molecule has 104 valence electrons. The van der Waals surface area contributed by atoms with Gasteiger partial charge in [-0.25, -0.2) is 0 Å². The Morgan fingerprint density at radius 3 is 2.63 bits per heavy atom. The first kappa shape index (κ1) is 14.1. The molecule has 1 amide bonds. The van der Waals surface area contributed by atoms with Crippen molar-refractivity contribution in [3.8, 4) is 0 Å². The molecule has 1 aromatic rings. The summed E-state index contributed by atoms with van der Waals surface area (Å²) in [5, 5.41) is 3.16. The van der Waals surface area contributed by atoms with Crippen LogP contribution in [0, 0.1) is 5.92 Å². The molecule has 2 rings (SSSR count). The van der Waals surface area contributed by atoms with Gasteiger partial charge in [-0.2, -0.15) is 0 Å². The van der Waals surface area contributed by atoms with Crippen LogP contribution in [0.5, 0.6) is 0 Å². The number of carbonyl (C=O) groups excluding carboxylic acids is 1. The number of hydrogen-bond acceptors (Lipinski definition) is 2. The minimum Gasteiger partial charge on any atom is -0.349 e. The number of rotatable bonds is 3. The molecule has 1 saturated carbocycles. The summed E-state index contributed by atoms with van der Waals surface area (Å²) in [5.74, 6) is 0.842. The molecule has 0 radical (unpaired) electrons. The van der Waals surface area contributed by atoms with Gasteiger partial charge in [0.25, 0.3) is 5.91 Å². The summed E-state index contributed by atoms with van der Waals surface area (Å²) >= 11 is 0. The maximum Gasteiger partial charge on any atom is 0.251 e. The molecule has 0 heterocycles. The Kier molecular flexibility index (Phi) is 4.97. The highest BCUT2D eigenvalue weighted by Gasteiger charge is 2.18. The van der Waals surface area contributed by atoms with E-state index in [4.69, 9.17) is 5.73 Å². The van der Waals surface area contributed by atoms with E-state index in [1.807, 2.05) is 24.3 Å². The molecule has 0 saturated heterocycles. The van der Waals surface area contributed by atoms with Gasteiger partial charge in [0.2, 0.25) is 0 Å². The SMILES string of the molecule is CC1CCCC(NC(=O)c2ccc(CN)cc2)CC1. The van der Waals surface area contributed by atoms with E-state index in [-0.39, 0.29) is 5.91 Å². The van der Waals surface area contributed by atoms with Crippen LogP contribution >= 0.6 is 0 Å². The van der Waals surface area contributed by atoms with Crippen LogP contribution in [-0.2, 0) is 6.54 Å². The summed E-state index contributed by atoms with van der Waals surface area (Å²) in [4.78, 5) is 12.2. The monoisotopic (exact) mass is 260 g/mol. The Bertz CT molecular complexity index is 413. The average molecular weight is 260 g/mol. The number of nitrogens with two attached hydrogens (primary N) is 1. The Balaban J connectivity index is 1.92. The Hall–Kier alpha value is -1.35. The van der Waals surface area contributed by atoms with E-state index in [1.165, 1.54) is 19.3 Å². The third-order valence-electron chi connectivity index (χ3n) is 4.04. The summed E-state index contributed by atoms with van der Waals surface area (Å²) in [7, 11) is 0. The van der Waals surface area contributed by atoms with Crippen LogP contribution in [0.15, 0.2) is 24.3 Å². The second-order valence-corrected chi connectivity index (χ2v) is 5.68. The highest BCUT2D eigenvalue weighted by molar-refractivity contribution is 5.94. The zero-order valence-electron chi connectivity index (χ0n) is 11.7. The summed E-state index contributed by atoms with van der Waals surface area (Å²) in [5.41, 5.74) is 7.34. The standard InChI is InChI=1S/C16H24N2O/c1-12-3-2-4-15(10-5-12)18-16(19)14-8-6-13(11-17)7-9-14/h6-9,12,15H,2-5,10-11,17H2,1H3,(H,18,19). The highest BCUT2D eigenvalue weighted by atomic mass is 16.1. The first-order chi connectivity index (χ1) is 9.19. The number of benzene rings is 1. The van der Waals surface area contributed by atoms with Gasteiger partial charge in [-0.1, -0.05) is 31.9 Å². The molecule has 0 spiro atoms. The van der Waals surface area contributed by atoms with Crippen molar-refractivity contribution in [1.29, 1.82) is 0 Å². The summed E-state index contributed by atoms with van der Waals surface area (Å²) in [6.07, 6.45) is 5.94. The van der Waals surface area contributed by atoms with Crippen molar-refractivity contribution in [3.05, 3.63) is 35.4 Å². The minimum absolute atomic E-state index is 0.0446. The second-order valence-electron chi connectivity index (χ2n) is 5.68. The molecule has 19 heavy (non-hydrogen) atoms. The molecule has 3 N–H and O–H groups in total. The summed E-state index contributed by atoms with van der Waals surface area (Å²) in [6.45, 7) is 2.82. The molecule has 3 heteroatoms. The normalized spacial score (nSPS) is 23.7. The van der Waals surface area contributed by atoms with Crippen molar-refractivity contribution in [3.63, 3.8) is 0 Å². The van der Waals surface area contributed by atoms with Gasteiger partial charge in [-0.15, -0.1) is 0 Å². The van der Waals surface area contributed by atoms with Gasteiger partial charge in [0, 0.05) is 18.2 Å². The van der Waals surface area contributed by atoms with Crippen molar-refractivity contribution in [1.82, 2.24) is 5.32 Å². The van der Waals surface area contributed by atoms with Crippen molar-refractivity contribution in [2.75, 3.05) is 0 Å². The van der Waals surface area contributed by atoms with Crippen LogP contribution in [0.1, 0.15) is 54.9 Å². The van der Waals surface area contributed by atoms with Crippen molar-refractivity contribution >= 4 is 5.91 Å². The van der Waals surface area contributed by atoms with E-state index in [2.05, 4.69) is 12.2 Å². The van der Waals surface area contributed by atoms with E-state index < -0.39 is 0 Å². The molecule has 1 fully saturated rings. The first-order valence-electron chi connectivity index (χ1n) is 7.29. The first-order valence-corrected chi connectivity index (χ1v) is 7.29. The molecule has 3 nitrogen and oxygen atoms in total. The third kappa shape index (κ3) is 4.06. The number of hydrogen-bond donors (Lipinski definition) is 2. The fourth-order valence-electron chi connectivity index (χ4n) is 2.69. The molecule has 2 atom stereocenters. The maximum atomic E-state index is 12.2. The Labute approximate surface area is 115 Å². The van der Waals surface area contributed by atoms with Crippen LogP contribution in [0.2, 0.25) is 0 Å². The van der Waals surface area contributed by atoms with Gasteiger partial charge in [0.15, 0.2) is 0 Å². The van der Waals surface area contributed by atoms with Gasteiger partial charge in [0.1, 0.15) is 0 Å². The van der Waals surface area contributed by atoms with E-state index in [1.54, 1.807) is 0 Å². The van der Waals surface area contributed by atoms with Crippen LogP contribution < -0.4 is 11.1 Å². The zero-order chi connectivity index (χ0) is 13.7. The zero-order valence-corrected chi connectivity index (χ0v) is 11.7. The summed E-state index contributed by atoms with van der Waals surface area (Å²) in [6, 6.07) is 7.90. The van der Waals surface area contributed by atoms with E-state index >= 15 is 0 Å². The molecule has 1 aromatic carbocycles. The topological polar surface area (TPSA) is 55.1 Å². The van der Waals surface area contributed by atoms with Crippen LogP contribution in [-0.4, -0.2) is 11.9 Å². The van der Waals surface area contributed by atoms with E-state index in [0.29, 0.717) is 12.6 Å². The molecule has 1 aliphatic carbocycles. The molecular formula is C16H24N2O. The fourth-order valence-corrected chi connectivity index (χ4v) is 2.69. The highest BCUT2D eigenvalue weighted by Crippen LogP contribution is 2.22. The quantitative estimate of drug-likeness (QED) is 0.821. The lowest BCUT2D eigenvalue weighted by Gasteiger charge is -2.16. The van der Waals surface area contributed by atoms with Crippen molar-refractivity contribution in [2.45, 2.75) is 51.6 Å². The largest absolute Gasteiger partial charge is 0.349 e. The lowest BCUT2D eigenvalue weighted by molar-refractivity contribution is 0.0933. The van der Waals surface area contributed by atoms with Gasteiger partial charge < -0.3 is 11.1 Å². The lowest BCUT2D eigenvalue weighted by Crippen LogP contribution is -2.34. The van der Waals surface area contributed by atoms with Crippen molar-refractivity contribution in [2.24, 2.45) is 11.7 Å². The molecular weight excluding hydrogens is 236 g/mol. The van der Waals surface area contributed by atoms with Gasteiger partial charge in [-0.05, 0) is 42.9 Å². The molecule has 0 bridgehead atoms. The number of carbonyl (C=O) groups is 1. The number of nitrogens with one attached hydrogen (secondary N) is 1. The predicted molar refractivity (Wildman–Crippen MR) is 77.8 cm³/mol. The van der Waals surface area contributed by atoms with Gasteiger partial charge >= 0.3 is 0 Å². The fraction of sp³-hybridized carbons (Fsp3) is 0.562. The van der Waals surface area contributed by atoms with Crippen LogP contribution in [0.25, 0.3) is 0 Å². The molecule has 0 aromatic heterocycles. The summed E-state index contributed by atoms with van der Waals surface area (Å²) < 4.78 is 0. The lowest BCUT2D eigenvalue weighted by atomic mass is 10.0. The smallest absolute Gasteiger partial charge is 0.251 e. The molecule has 1 aliphatic rings. The van der Waals surface area contributed by atoms with Gasteiger partial charge in [0.05, 0.1) is 0 Å². The molecule has 0 aliphatic heterocycles. The van der Waals surface area contributed by atoms with E-state index in [9.17, 15) is 4.79 Å². The van der Waals surface area contributed by atoms with Crippen molar-refractivity contribution < 1.29 is 4.79 Å². The Morgan fingerprint density at radius 1 is 1.21 bits per heavy atom. The van der Waals surface area contributed by atoms with Gasteiger partial charge in [-0.3, -0.25) is 4.79 Å². The maximum absolute atomic E-state index is 12.2. The second kappa shape index (κ2) is 6.71. The van der Waals surface area contributed by atoms with Crippen LogP contribution in [0.3, 0.4) is 0 Å². The Morgan fingerprint density at radius 2 is 1.95 bits per heavy atom. The number of amides is 1. The molecule has 2 unspecified atom stereocenters.